The molecular weight excluding hydrogens is 635 g/mol. The number of nitrogens with zero attached hydrogens (tertiary/aromatic N) is 1. The molecule has 0 radical (unpaired) electrons. The van der Waals surface area contributed by atoms with Gasteiger partial charge in [-0.3, -0.25) is 0 Å². The maximum atomic E-state index is 7.08. The van der Waals surface area contributed by atoms with E-state index in [-0.39, 0.29) is 5.41 Å². The second kappa shape index (κ2) is 10.7. The van der Waals surface area contributed by atoms with E-state index in [2.05, 4.69) is 164 Å². The van der Waals surface area contributed by atoms with E-state index in [0.717, 1.165) is 72.1 Å². The topological polar surface area (TPSA) is 29.5 Å². The number of fused-ring (bicyclic) bond motifs is 11. The Morgan fingerprint density at radius 3 is 2.04 bits per heavy atom. The molecule has 0 unspecified atom stereocenters. The maximum absolute atomic E-state index is 7.08. The number of hydrogen-bond acceptors (Lipinski definition) is 3. The van der Waals surface area contributed by atoms with E-state index < -0.39 is 0 Å². The van der Waals surface area contributed by atoms with Gasteiger partial charge in [0, 0.05) is 38.3 Å². The highest BCUT2D eigenvalue weighted by Crippen LogP contribution is 2.52. The van der Waals surface area contributed by atoms with Crippen LogP contribution < -0.4 is 4.90 Å². The summed E-state index contributed by atoms with van der Waals surface area (Å²) in [7, 11) is 0. The fourth-order valence-corrected chi connectivity index (χ4v) is 8.77. The van der Waals surface area contributed by atoms with Gasteiger partial charge in [0.25, 0.3) is 0 Å². The molecule has 246 valence electrons. The molecule has 0 spiro atoms. The van der Waals surface area contributed by atoms with E-state index in [0.29, 0.717) is 0 Å². The molecule has 0 N–H and O–H groups in total. The first-order chi connectivity index (χ1) is 25.5. The van der Waals surface area contributed by atoms with E-state index >= 15 is 0 Å². The van der Waals surface area contributed by atoms with Gasteiger partial charge in [-0.25, -0.2) is 0 Å². The van der Waals surface area contributed by atoms with Crippen molar-refractivity contribution in [2.24, 2.45) is 0 Å². The maximum Gasteiger partial charge on any atom is 0.160 e. The fraction of sp³-hybridized carbons (Fsp3) is 0.0612. The van der Waals surface area contributed by atoms with Crippen molar-refractivity contribution in [1.82, 2.24) is 0 Å². The Bertz CT molecular complexity index is 3050. The van der Waals surface area contributed by atoms with Crippen molar-refractivity contribution in [3.8, 4) is 22.3 Å². The predicted molar refractivity (Wildman–Crippen MR) is 216 cm³/mol. The summed E-state index contributed by atoms with van der Waals surface area (Å²) < 4.78 is 13.5. The second-order valence-corrected chi connectivity index (χ2v) is 14.5. The lowest BCUT2D eigenvalue weighted by atomic mass is 9.82. The van der Waals surface area contributed by atoms with E-state index in [1.165, 1.54) is 33.0 Å². The van der Waals surface area contributed by atoms with Crippen LogP contribution in [0.3, 0.4) is 0 Å². The molecule has 0 fully saturated rings. The highest BCUT2D eigenvalue weighted by molar-refractivity contribution is 6.29. The van der Waals surface area contributed by atoms with E-state index in [9.17, 15) is 0 Å². The van der Waals surface area contributed by atoms with Gasteiger partial charge in [0.1, 0.15) is 16.7 Å². The van der Waals surface area contributed by atoms with Gasteiger partial charge in [0.2, 0.25) is 0 Å². The number of hydrogen-bond donors (Lipinski definition) is 0. The molecule has 52 heavy (non-hydrogen) atoms. The number of furan rings is 2. The molecule has 3 nitrogen and oxygen atoms in total. The van der Waals surface area contributed by atoms with Crippen LogP contribution in [0.5, 0.6) is 0 Å². The molecule has 1 aliphatic rings. The molecule has 8 aromatic carbocycles. The van der Waals surface area contributed by atoms with Crippen LogP contribution in [-0.4, -0.2) is 0 Å². The number of benzene rings is 8. The first kappa shape index (κ1) is 29.2. The van der Waals surface area contributed by atoms with Gasteiger partial charge in [0.05, 0.1) is 5.69 Å². The third kappa shape index (κ3) is 4.08. The Hall–Kier alpha value is -6.58. The lowest BCUT2D eigenvalue weighted by Crippen LogP contribution is -2.16. The van der Waals surface area contributed by atoms with Crippen LogP contribution in [0.25, 0.3) is 76.9 Å². The Labute approximate surface area is 301 Å². The number of rotatable bonds is 4. The van der Waals surface area contributed by atoms with Crippen LogP contribution in [-0.2, 0) is 5.41 Å². The normalized spacial score (nSPS) is 13.3. The van der Waals surface area contributed by atoms with Gasteiger partial charge >= 0.3 is 0 Å². The van der Waals surface area contributed by atoms with E-state index in [1.807, 2.05) is 18.2 Å². The minimum atomic E-state index is -0.132. The minimum absolute atomic E-state index is 0.132. The lowest BCUT2D eigenvalue weighted by Gasteiger charge is -2.28. The SMILES string of the molecule is CC1(C)c2ccccc2-c2ccc(N(c3ccccc3)c3ccc(-c4ccc5ccccc5c4)c4c3oc3ccc5oc6ccccc6c5c34)cc21. The smallest absolute Gasteiger partial charge is 0.160 e. The van der Waals surface area contributed by atoms with Crippen LogP contribution in [0.15, 0.2) is 173 Å². The molecule has 0 saturated heterocycles. The Morgan fingerprint density at radius 2 is 1.15 bits per heavy atom. The second-order valence-electron chi connectivity index (χ2n) is 14.5. The molecule has 0 aliphatic heterocycles. The van der Waals surface area contributed by atoms with Gasteiger partial charge < -0.3 is 13.7 Å². The summed E-state index contributed by atoms with van der Waals surface area (Å²) in [4.78, 5) is 2.36. The summed E-state index contributed by atoms with van der Waals surface area (Å²) in [5.41, 5.74) is 14.0. The molecule has 2 heterocycles. The van der Waals surface area contributed by atoms with Gasteiger partial charge in [0.15, 0.2) is 5.58 Å². The van der Waals surface area contributed by atoms with Crippen LogP contribution >= 0.6 is 0 Å². The summed E-state index contributed by atoms with van der Waals surface area (Å²) in [5.74, 6) is 0. The molecule has 0 amide bonds. The van der Waals surface area contributed by atoms with Crippen LogP contribution in [0, 0.1) is 0 Å². The summed E-state index contributed by atoms with van der Waals surface area (Å²) in [6, 6.07) is 58.7. The first-order valence-corrected chi connectivity index (χ1v) is 17.9. The lowest BCUT2D eigenvalue weighted by molar-refractivity contribution is 0.660. The van der Waals surface area contributed by atoms with Gasteiger partial charge in [-0.15, -0.1) is 0 Å². The number of anilines is 3. The predicted octanol–water partition coefficient (Wildman–Crippen LogP) is 14.1. The van der Waals surface area contributed by atoms with Crippen LogP contribution in [0.1, 0.15) is 25.0 Å². The van der Waals surface area contributed by atoms with Crippen molar-refractivity contribution in [1.29, 1.82) is 0 Å². The molecule has 0 bridgehead atoms. The van der Waals surface area contributed by atoms with Gasteiger partial charge in [-0.1, -0.05) is 123 Å². The zero-order valence-electron chi connectivity index (χ0n) is 28.9. The molecule has 1 aliphatic carbocycles. The average molecular weight is 668 g/mol. The standard InChI is InChI=1S/C49H33NO2/c1-49(2)39-18-10-8-16-36(39)37-23-22-34(29-40(37)49)50(33-14-4-3-5-15-33)41-25-24-35(32-21-20-30-12-6-7-13-31(30)28-32)46-47-44(52-48(41)46)27-26-43-45(47)38-17-9-11-19-42(38)51-43/h3-29H,1-2H3. The van der Waals surface area contributed by atoms with Crippen molar-refractivity contribution in [3.05, 3.63) is 175 Å². The largest absolute Gasteiger partial charge is 0.456 e. The summed E-state index contributed by atoms with van der Waals surface area (Å²) in [5, 5.41) is 6.74. The summed E-state index contributed by atoms with van der Waals surface area (Å²) in [6.07, 6.45) is 0. The van der Waals surface area contributed by atoms with Gasteiger partial charge in [-0.2, -0.15) is 0 Å². The average Bonchev–Trinajstić information content (AvgIpc) is 3.83. The molecule has 3 heteroatoms. The number of para-hydroxylation sites is 2. The Kier molecular flexibility index (Phi) is 6.01. The van der Waals surface area contributed by atoms with Gasteiger partial charge in [-0.05, 0) is 98.8 Å². The Morgan fingerprint density at radius 1 is 0.442 bits per heavy atom. The van der Waals surface area contributed by atoms with Crippen molar-refractivity contribution in [2.75, 3.05) is 4.90 Å². The van der Waals surface area contributed by atoms with E-state index in [4.69, 9.17) is 8.83 Å². The van der Waals surface area contributed by atoms with Crippen LogP contribution in [0.2, 0.25) is 0 Å². The highest BCUT2D eigenvalue weighted by atomic mass is 16.3. The zero-order chi connectivity index (χ0) is 34.6. The van der Waals surface area contributed by atoms with Crippen molar-refractivity contribution < 1.29 is 8.83 Å². The van der Waals surface area contributed by atoms with Crippen molar-refractivity contribution in [3.63, 3.8) is 0 Å². The van der Waals surface area contributed by atoms with Crippen molar-refractivity contribution in [2.45, 2.75) is 19.3 Å². The fourth-order valence-electron chi connectivity index (χ4n) is 8.77. The monoisotopic (exact) mass is 667 g/mol. The Balaban J connectivity index is 1.23. The minimum Gasteiger partial charge on any atom is -0.456 e. The quantitative estimate of drug-likeness (QED) is 0.187. The first-order valence-electron chi connectivity index (χ1n) is 17.9. The third-order valence-electron chi connectivity index (χ3n) is 11.2. The zero-order valence-corrected chi connectivity index (χ0v) is 28.9. The van der Waals surface area contributed by atoms with Crippen molar-refractivity contribution >= 4 is 71.7 Å². The third-order valence-corrected chi connectivity index (χ3v) is 11.2. The highest BCUT2D eigenvalue weighted by Gasteiger charge is 2.36. The summed E-state index contributed by atoms with van der Waals surface area (Å²) in [6.45, 7) is 4.68. The molecule has 11 rings (SSSR count). The molecule has 10 aromatic rings. The summed E-state index contributed by atoms with van der Waals surface area (Å²) >= 11 is 0. The van der Waals surface area contributed by atoms with E-state index in [1.54, 1.807) is 0 Å². The molecule has 2 aromatic heterocycles. The molecule has 0 atom stereocenters. The molecular formula is C49H33NO2. The van der Waals surface area contributed by atoms with Crippen LogP contribution in [0.4, 0.5) is 17.1 Å². The molecule has 0 saturated carbocycles.